The SMILES string of the molecule is COc1ccccc1COC[C@@H]1CN([C@H](C)[C@H](O)c2ccc(O)cc2)C[C@@H](COCc2ccccc2OC)O1. The molecule has 0 aromatic heterocycles. The van der Waals surface area contributed by atoms with Gasteiger partial charge in [-0.3, -0.25) is 4.90 Å². The van der Waals surface area contributed by atoms with Gasteiger partial charge in [-0.25, -0.2) is 0 Å². The van der Waals surface area contributed by atoms with E-state index < -0.39 is 6.10 Å². The van der Waals surface area contributed by atoms with Crippen LogP contribution in [0.4, 0.5) is 0 Å². The van der Waals surface area contributed by atoms with Crippen molar-refractivity contribution in [2.24, 2.45) is 0 Å². The number of aliphatic hydroxyl groups excluding tert-OH is 1. The number of rotatable bonds is 13. The lowest BCUT2D eigenvalue weighted by molar-refractivity contribution is -0.150. The number of ether oxygens (including phenoxy) is 5. The van der Waals surface area contributed by atoms with E-state index in [0.717, 1.165) is 28.2 Å². The largest absolute Gasteiger partial charge is 0.508 e. The van der Waals surface area contributed by atoms with Gasteiger partial charge in [-0.1, -0.05) is 48.5 Å². The van der Waals surface area contributed by atoms with Crippen molar-refractivity contribution in [1.29, 1.82) is 0 Å². The third-order valence-electron chi connectivity index (χ3n) is 7.04. The van der Waals surface area contributed by atoms with Gasteiger partial charge in [0.15, 0.2) is 0 Å². The number of nitrogens with zero attached hydrogens (tertiary/aromatic N) is 1. The molecule has 1 saturated heterocycles. The third kappa shape index (κ3) is 7.94. The zero-order valence-corrected chi connectivity index (χ0v) is 22.9. The van der Waals surface area contributed by atoms with E-state index >= 15 is 0 Å². The highest BCUT2D eigenvalue weighted by molar-refractivity contribution is 5.33. The molecule has 3 aromatic rings. The van der Waals surface area contributed by atoms with E-state index in [-0.39, 0.29) is 24.0 Å². The van der Waals surface area contributed by atoms with Crippen molar-refractivity contribution in [2.75, 3.05) is 40.5 Å². The second-order valence-corrected chi connectivity index (χ2v) is 9.76. The molecule has 0 unspecified atom stereocenters. The molecule has 0 spiro atoms. The second-order valence-electron chi connectivity index (χ2n) is 9.76. The summed E-state index contributed by atoms with van der Waals surface area (Å²) in [6, 6.07) is 22.1. The summed E-state index contributed by atoms with van der Waals surface area (Å²) in [5, 5.41) is 20.8. The van der Waals surface area contributed by atoms with E-state index in [9.17, 15) is 10.2 Å². The number of phenols is 1. The van der Waals surface area contributed by atoms with Crippen molar-refractivity contribution in [3.05, 3.63) is 89.5 Å². The van der Waals surface area contributed by atoms with Gasteiger partial charge in [0.1, 0.15) is 17.2 Å². The molecule has 0 saturated carbocycles. The number of benzene rings is 3. The van der Waals surface area contributed by atoms with E-state index in [0.29, 0.717) is 39.5 Å². The highest BCUT2D eigenvalue weighted by Crippen LogP contribution is 2.27. The molecular formula is C31H39NO7. The number of para-hydroxylation sites is 2. The smallest absolute Gasteiger partial charge is 0.124 e. The Labute approximate surface area is 230 Å². The zero-order chi connectivity index (χ0) is 27.6. The van der Waals surface area contributed by atoms with Crippen LogP contribution < -0.4 is 9.47 Å². The van der Waals surface area contributed by atoms with Crippen LogP contribution in [0.2, 0.25) is 0 Å². The van der Waals surface area contributed by atoms with E-state index in [2.05, 4.69) is 4.90 Å². The Morgan fingerprint density at radius 3 is 1.77 bits per heavy atom. The minimum atomic E-state index is -0.728. The van der Waals surface area contributed by atoms with Gasteiger partial charge < -0.3 is 33.9 Å². The van der Waals surface area contributed by atoms with Crippen molar-refractivity contribution in [1.82, 2.24) is 4.90 Å². The minimum absolute atomic E-state index is 0.171. The molecular weight excluding hydrogens is 498 g/mol. The predicted octanol–water partition coefficient (Wildman–Crippen LogP) is 4.33. The van der Waals surface area contributed by atoms with Crippen molar-refractivity contribution in [2.45, 2.75) is 44.5 Å². The van der Waals surface area contributed by atoms with Gasteiger partial charge in [0.05, 0.1) is 59.0 Å². The fourth-order valence-electron chi connectivity index (χ4n) is 4.87. The minimum Gasteiger partial charge on any atom is -0.508 e. The lowest BCUT2D eigenvalue weighted by Crippen LogP contribution is -2.54. The second kappa shape index (κ2) is 14.3. The summed E-state index contributed by atoms with van der Waals surface area (Å²) in [6.45, 7) is 4.80. The number of morpholine rings is 1. The standard InChI is InChI=1S/C31H39NO7/c1-22(31(34)23-12-14-26(33)15-13-23)32-16-27(20-37-18-24-8-4-6-10-29(24)35-2)39-28(17-32)21-38-19-25-9-5-7-11-30(25)36-3/h4-15,22,27-28,31,33-34H,16-21H2,1-3H3/t22-,27+,28+,31+/m1/s1. The summed E-state index contributed by atoms with van der Waals surface area (Å²) in [5.74, 6) is 1.75. The monoisotopic (exact) mass is 537 g/mol. The molecule has 0 radical (unpaired) electrons. The number of hydrogen-bond donors (Lipinski definition) is 2. The number of aromatic hydroxyl groups is 1. The molecule has 1 aliphatic rings. The van der Waals surface area contributed by atoms with Gasteiger partial charge in [0.25, 0.3) is 0 Å². The first-order valence-corrected chi connectivity index (χ1v) is 13.2. The summed E-state index contributed by atoms with van der Waals surface area (Å²) in [6.07, 6.45) is -1.14. The maximum absolute atomic E-state index is 11.1. The highest BCUT2D eigenvalue weighted by atomic mass is 16.6. The van der Waals surface area contributed by atoms with E-state index in [1.165, 1.54) is 0 Å². The third-order valence-corrected chi connectivity index (χ3v) is 7.04. The maximum atomic E-state index is 11.1. The van der Waals surface area contributed by atoms with Crippen LogP contribution in [0.1, 0.15) is 29.7 Å². The lowest BCUT2D eigenvalue weighted by Gasteiger charge is -2.42. The van der Waals surface area contributed by atoms with E-state index in [1.807, 2.05) is 55.5 Å². The maximum Gasteiger partial charge on any atom is 0.124 e. The summed E-state index contributed by atoms with van der Waals surface area (Å²) >= 11 is 0. The molecule has 0 bridgehead atoms. The predicted molar refractivity (Wildman–Crippen MR) is 148 cm³/mol. The van der Waals surface area contributed by atoms with Crippen LogP contribution in [0.15, 0.2) is 72.8 Å². The van der Waals surface area contributed by atoms with Crippen LogP contribution >= 0.6 is 0 Å². The van der Waals surface area contributed by atoms with Crippen LogP contribution in [0, 0.1) is 0 Å². The first-order chi connectivity index (χ1) is 19.0. The fourth-order valence-corrected chi connectivity index (χ4v) is 4.87. The molecule has 210 valence electrons. The van der Waals surface area contributed by atoms with E-state index in [1.54, 1.807) is 38.5 Å². The zero-order valence-electron chi connectivity index (χ0n) is 22.9. The molecule has 8 heteroatoms. The number of aliphatic hydroxyl groups is 1. The first-order valence-electron chi connectivity index (χ1n) is 13.2. The summed E-state index contributed by atoms with van der Waals surface area (Å²) < 4.78 is 29.4. The normalized spacial score (nSPS) is 19.4. The van der Waals surface area contributed by atoms with Crippen LogP contribution in [-0.2, 0) is 27.4 Å². The van der Waals surface area contributed by atoms with Gasteiger partial charge in [0.2, 0.25) is 0 Å². The molecule has 0 amide bonds. The molecule has 1 heterocycles. The molecule has 1 aliphatic heterocycles. The average Bonchev–Trinajstić information content (AvgIpc) is 2.97. The fraction of sp³-hybridized carbons (Fsp3) is 0.419. The van der Waals surface area contributed by atoms with Crippen molar-refractivity contribution in [3.8, 4) is 17.2 Å². The Morgan fingerprint density at radius 2 is 1.28 bits per heavy atom. The summed E-state index contributed by atoms with van der Waals surface area (Å²) in [7, 11) is 3.30. The van der Waals surface area contributed by atoms with Crippen LogP contribution in [-0.4, -0.2) is 73.9 Å². The van der Waals surface area contributed by atoms with Crippen LogP contribution in [0.5, 0.6) is 17.2 Å². The Hall–Kier alpha value is -3.14. The molecule has 4 rings (SSSR count). The van der Waals surface area contributed by atoms with Gasteiger partial charge in [-0.15, -0.1) is 0 Å². The highest BCUT2D eigenvalue weighted by Gasteiger charge is 2.33. The van der Waals surface area contributed by atoms with Crippen molar-refractivity contribution >= 4 is 0 Å². The quantitative estimate of drug-likeness (QED) is 0.333. The molecule has 1 fully saturated rings. The molecule has 2 N–H and O–H groups in total. The van der Waals surface area contributed by atoms with Gasteiger partial charge in [-0.2, -0.15) is 0 Å². The van der Waals surface area contributed by atoms with Crippen LogP contribution in [0.25, 0.3) is 0 Å². The first kappa shape index (κ1) is 28.9. The number of methoxy groups -OCH3 is 2. The van der Waals surface area contributed by atoms with Gasteiger partial charge in [-0.05, 0) is 36.8 Å². The Kier molecular flexibility index (Phi) is 10.6. The van der Waals surface area contributed by atoms with Crippen molar-refractivity contribution < 1.29 is 33.9 Å². The lowest BCUT2D eigenvalue weighted by atomic mass is 10.0. The molecule has 0 aliphatic carbocycles. The molecule has 8 nitrogen and oxygen atoms in total. The summed E-state index contributed by atoms with van der Waals surface area (Å²) in [5.41, 5.74) is 2.70. The molecule has 4 atom stereocenters. The average molecular weight is 538 g/mol. The number of phenolic OH excluding ortho intramolecular Hbond substituents is 1. The number of hydrogen-bond acceptors (Lipinski definition) is 8. The van der Waals surface area contributed by atoms with Crippen molar-refractivity contribution in [3.63, 3.8) is 0 Å². The Bertz CT molecular complexity index is 1090. The Morgan fingerprint density at radius 1 is 0.795 bits per heavy atom. The van der Waals surface area contributed by atoms with Gasteiger partial charge >= 0.3 is 0 Å². The molecule has 3 aromatic carbocycles. The summed E-state index contributed by atoms with van der Waals surface area (Å²) in [4.78, 5) is 2.22. The Balaban J connectivity index is 1.40. The van der Waals surface area contributed by atoms with Crippen LogP contribution in [0.3, 0.4) is 0 Å². The molecule has 39 heavy (non-hydrogen) atoms. The van der Waals surface area contributed by atoms with Gasteiger partial charge in [0, 0.05) is 30.3 Å². The van der Waals surface area contributed by atoms with E-state index in [4.69, 9.17) is 23.7 Å². The topological polar surface area (TPSA) is 89.9 Å².